The molecule has 0 aliphatic rings. The number of alkyl halides is 3. The van der Waals surface area contributed by atoms with E-state index in [-0.39, 0.29) is 11.2 Å². The van der Waals surface area contributed by atoms with Crippen LogP contribution in [-0.2, 0) is 13.2 Å². The molecule has 0 bridgehead atoms. The van der Waals surface area contributed by atoms with Crippen LogP contribution in [0.15, 0.2) is 30.3 Å². The molecule has 23 heavy (non-hydrogen) atoms. The van der Waals surface area contributed by atoms with Crippen LogP contribution in [0.5, 0.6) is 0 Å². The van der Waals surface area contributed by atoms with Gasteiger partial charge in [-0.2, -0.15) is 18.3 Å². The van der Waals surface area contributed by atoms with Crippen molar-refractivity contribution in [2.45, 2.75) is 19.1 Å². The second-order valence-electron chi connectivity index (χ2n) is 4.87. The van der Waals surface area contributed by atoms with E-state index in [1.165, 1.54) is 7.05 Å². The Kier molecular flexibility index (Phi) is 4.84. The molecule has 0 saturated carbocycles. The molecule has 1 aromatic carbocycles. The predicted octanol–water partition coefficient (Wildman–Crippen LogP) is 3.98. The lowest BCUT2D eigenvalue weighted by Crippen LogP contribution is -2.31. The summed E-state index contributed by atoms with van der Waals surface area (Å²) in [4.78, 5) is 12.0. The molecule has 0 aliphatic carbocycles. The zero-order valence-electron chi connectivity index (χ0n) is 12.3. The summed E-state index contributed by atoms with van der Waals surface area (Å²) in [5, 5.41) is 7.65. The summed E-state index contributed by atoms with van der Waals surface area (Å²) in [6.45, 7) is 1.71. The summed E-state index contributed by atoms with van der Waals surface area (Å²) in [6.07, 6.45) is -4.72. The largest absolute Gasteiger partial charge is 0.437 e. The SMILES string of the molecule is C[C@H](NC(=O)Nc1c(C(F)(F)F)nn(C)c1Cl)c1ccccc1. The third-order valence-electron chi connectivity index (χ3n) is 3.13. The van der Waals surface area contributed by atoms with E-state index in [2.05, 4.69) is 15.7 Å². The smallest absolute Gasteiger partial charge is 0.331 e. The molecule has 2 N–H and O–H groups in total. The van der Waals surface area contributed by atoms with E-state index >= 15 is 0 Å². The molecule has 0 fully saturated rings. The predicted molar refractivity (Wildman–Crippen MR) is 80.2 cm³/mol. The van der Waals surface area contributed by atoms with Crippen molar-refractivity contribution in [3.05, 3.63) is 46.7 Å². The monoisotopic (exact) mass is 346 g/mol. The van der Waals surface area contributed by atoms with Crippen molar-refractivity contribution in [1.82, 2.24) is 15.1 Å². The summed E-state index contributed by atoms with van der Waals surface area (Å²) < 4.78 is 39.6. The average Bonchev–Trinajstić information content (AvgIpc) is 2.76. The lowest BCUT2D eigenvalue weighted by atomic mass is 10.1. The van der Waals surface area contributed by atoms with Gasteiger partial charge in [-0.25, -0.2) is 4.79 Å². The number of hydrogen-bond acceptors (Lipinski definition) is 2. The molecule has 124 valence electrons. The van der Waals surface area contributed by atoms with E-state index < -0.39 is 23.6 Å². The van der Waals surface area contributed by atoms with Gasteiger partial charge < -0.3 is 10.6 Å². The van der Waals surface area contributed by atoms with Gasteiger partial charge in [0.1, 0.15) is 5.69 Å². The van der Waals surface area contributed by atoms with Gasteiger partial charge in [0.05, 0.1) is 6.04 Å². The molecule has 2 rings (SSSR count). The van der Waals surface area contributed by atoms with Crippen LogP contribution < -0.4 is 10.6 Å². The van der Waals surface area contributed by atoms with Gasteiger partial charge in [-0.05, 0) is 12.5 Å². The van der Waals surface area contributed by atoms with Crippen LogP contribution >= 0.6 is 11.6 Å². The summed E-state index contributed by atoms with van der Waals surface area (Å²) in [5.74, 6) is 0. The lowest BCUT2D eigenvalue weighted by Gasteiger charge is -2.15. The number of hydrogen-bond donors (Lipinski definition) is 2. The van der Waals surface area contributed by atoms with E-state index in [1.54, 1.807) is 31.2 Å². The third-order valence-corrected chi connectivity index (χ3v) is 3.57. The number of rotatable bonds is 3. The maximum atomic E-state index is 12.9. The van der Waals surface area contributed by atoms with E-state index in [4.69, 9.17) is 11.6 Å². The number of aryl methyl sites for hydroxylation is 1. The first-order valence-corrected chi connectivity index (χ1v) is 7.00. The van der Waals surface area contributed by atoms with Gasteiger partial charge in [-0.15, -0.1) is 0 Å². The fourth-order valence-corrected chi connectivity index (χ4v) is 2.16. The maximum Gasteiger partial charge on any atom is 0.437 e. The third kappa shape index (κ3) is 3.95. The van der Waals surface area contributed by atoms with Crippen molar-refractivity contribution in [2.75, 3.05) is 5.32 Å². The van der Waals surface area contributed by atoms with E-state index in [9.17, 15) is 18.0 Å². The highest BCUT2D eigenvalue weighted by molar-refractivity contribution is 6.32. The number of carbonyl (C=O) groups excluding carboxylic acids is 1. The molecule has 0 saturated heterocycles. The van der Waals surface area contributed by atoms with Gasteiger partial charge in [0.15, 0.2) is 10.8 Å². The van der Waals surface area contributed by atoms with Gasteiger partial charge in [0, 0.05) is 7.05 Å². The molecular weight excluding hydrogens is 333 g/mol. The van der Waals surface area contributed by atoms with E-state index in [0.717, 1.165) is 10.2 Å². The van der Waals surface area contributed by atoms with Gasteiger partial charge >= 0.3 is 12.2 Å². The van der Waals surface area contributed by atoms with Crippen molar-refractivity contribution < 1.29 is 18.0 Å². The Balaban J connectivity index is 2.15. The first kappa shape index (κ1) is 17.1. The van der Waals surface area contributed by atoms with Crippen LogP contribution in [0.1, 0.15) is 24.2 Å². The van der Waals surface area contributed by atoms with Crippen LogP contribution in [-0.4, -0.2) is 15.8 Å². The number of halogens is 4. The Morgan fingerprint density at radius 1 is 1.30 bits per heavy atom. The van der Waals surface area contributed by atoms with Crippen molar-refractivity contribution in [3.8, 4) is 0 Å². The van der Waals surface area contributed by atoms with E-state index in [1.807, 2.05) is 6.07 Å². The van der Waals surface area contributed by atoms with Crippen molar-refractivity contribution in [3.63, 3.8) is 0 Å². The van der Waals surface area contributed by atoms with Crippen LogP contribution in [0.4, 0.5) is 23.7 Å². The molecule has 0 aliphatic heterocycles. The second kappa shape index (κ2) is 6.49. The molecule has 1 atom stereocenters. The first-order valence-electron chi connectivity index (χ1n) is 6.62. The number of nitrogens with zero attached hydrogens (tertiary/aromatic N) is 2. The normalized spacial score (nSPS) is 12.8. The molecule has 2 aromatic rings. The van der Waals surface area contributed by atoms with Crippen molar-refractivity contribution in [2.24, 2.45) is 7.05 Å². The lowest BCUT2D eigenvalue weighted by molar-refractivity contribution is -0.140. The Morgan fingerprint density at radius 3 is 2.48 bits per heavy atom. The number of benzene rings is 1. The highest BCUT2D eigenvalue weighted by Crippen LogP contribution is 2.37. The Morgan fingerprint density at radius 2 is 1.91 bits per heavy atom. The zero-order chi connectivity index (χ0) is 17.2. The summed E-state index contributed by atoms with van der Waals surface area (Å²) in [7, 11) is 1.26. The van der Waals surface area contributed by atoms with Crippen molar-refractivity contribution >= 4 is 23.3 Å². The van der Waals surface area contributed by atoms with Gasteiger partial charge in [0.2, 0.25) is 0 Å². The minimum atomic E-state index is -4.72. The molecule has 5 nitrogen and oxygen atoms in total. The molecule has 0 radical (unpaired) electrons. The maximum absolute atomic E-state index is 12.9. The topological polar surface area (TPSA) is 59.0 Å². The van der Waals surface area contributed by atoms with Gasteiger partial charge in [0.25, 0.3) is 0 Å². The van der Waals surface area contributed by atoms with E-state index in [0.29, 0.717) is 0 Å². The Labute approximate surface area is 135 Å². The number of carbonyl (C=O) groups is 1. The van der Waals surface area contributed by atoms with Crippen molar-refractivity contribution in [1.29, 1.82) is 0 Å². The van der Waals surface area contributed by atoms with Gasteiger partial charge in [-0.3, -0.25) is 4.68 Å². The molecule has 2 amide bonds. The fourth-order valence-electron chi connectivity index (χ4n) is 1.98. The highest BCUT2D eigenvalue weighted by atomic mass is 35.5. The average molecular weight is 347 g/mol. The minimum Gasteiger partial charge on any atom is -0.331 e. The summed E-state index contributed by atoms with van der Waals surface area (Å²) >= 11 is 5.78. The van der Waals surface area contributed by atoms with Crippen LogP contribution in [0.2, 0.25) is 5.15 Å². The highest BCUT2D eigenvalue weighted by Gasteiger charge is 2.39. The van der Waals surface area contributed by atoms with Crippen LogP contribution in [0.25, 0.3) is 0 Å². The van der Waals surface area contributed by atoms with Gasteiger partial charge in [-0.1, -0.05) is 41.9 Å². The quantitative estimate of drug-likeness (QED) is 0.883. The van der Waals surface area contributed by atoms with Crippen LogP contribution in [0.3, 0.4) is 0 Å². The molecular formula is C14H14ClF3N4O. The Bertz CT molecular complexity index is 700. The minimum absolute atomic E-state index is 0.306. The molecule has 9 heteroatoms. The number of nitrogens with one attached hydrogen (secondary N) is 2. The van der Waals surface area contributed by atoms with Crippen LogP contribution in [0, 0.1) is 0 Å². The second-order valence-corrected chi connectivity index (χ2v) is 5.22. The number of urea groups is 1. The standard InChI is InChI=1S/C14H14ClF3N4O/c1-8(9-6-4-3-5-7-9)19-13(23)20-10-11(14(16,17)18)21-22(2)12(10)15/h3-8H,1-2H3,(H2,19,20,23)/t8-/m0/s1. The number of anilines is 1. The summed E-state index contributed by atoms with van der Waals surface area (Å²) in [5.41, 5.74) is -0.997. The Hall–Kier alpha value is -2.22. The fraction of sp³-hybridized carbons (Fsp3) is 0.286. The molecule has 1 aromatic heterocycles. The number of amides is 2. The molecule has 0 spiro atoms. The molecule has 0 unspecified atom stereocenters. The first-order chi connectivity index (χ1) is 10.7. The zero-order valence-corrected chi connectivity index (χ0v) is 13.0. The molecule has 1 heterocycles. The summed E-state index contributed by atoms with van der Waals surface area (Å²) in [6, 6.07) is 7.81. The number of aromatic nitrogens is 2.